The molecule has 2 aromatic rings. The number of hydrogen-bond acceptors (Lipinski definition) is 4. The van der Waals surface area contributed by atoms with E-state index in [9.17, 15) is 9.59 Å². The molecule has 0 atom stereocenters. The standard InChI is InChI=1S/C21H25NO4/c1-14-8-9-16(12-15(14)2)18(23)10-11-20(24)22-13-17-6-5-7-19(25-3)21(17)26-4/h5-9,12H,10-11,13H2,1-4H3,(H,22,24). The molecule has 0 aliphatic rings. The molecular formula is C21H25NO4. The molecule has 0 unspecified atom stereocenters. The normalized spacial score (nSPS) is 10.3. The first-order chi connectivity index (χ1) is 12.5. The van der Waals surface area contributed by atoms with Crippen LogP contribution in [0.25, 0.3) is 0 Å². The zero-order valence-electron chi connectivity index (χ0n) is 15.7. The summed E-state index contributed by atoms with van der Waals surface area (Å²) >= 11 is 0. The number of Topliss-reactive ketones (excluding diaryl/α,β-unsaturated/α-hetero) is 1. The predicted octanol–water partition coefficient (Wildman–Crippen LogP) is 3.60. The second-order valence-electron chi connectivity index (χ2n) is 6.15. The van der Waals surface area contributed by atoms with Gasteiger partial charge in [0.15, 0.2) is 17.3 Å². The van der Waals surface area contributed by atoms with Gasteiger partial charge < -0.3 is 14.8 Å². The monoisotopic (exact) mass is 355 g/mol. The van der Waals surface area contributed by atoms with E-state index in [0.29, 0.717) is 23.6 Å². The Morgan fingerprint density at radius 2 is 1.73 bits per heavy atom. The van der Waals surface area contributed by atoms with Gasteiger partial charge in [0.25, 0.3) is 0 Å². The Morgan fingerprint density at radius 1 is 0.962 bits per heavy atom. The van der Waals surface area contributed by atoms with Crippen molar-refractivity contribution < 1.29 is 19.1 Å². The third-order valence-corrected chi connectivity index (χ3v) is 4.37. The van der Waals surface area contributed by atoms with E-state index in [1.54, 1.807) is 20.3 Å². The molecule has 138 valence electrons. The number of carbonyl (C=O) groups is 2. The minimum absolute atomic E-state index is 0.0257. The van der Waals surface area contributed by atoms with Crippen molar-refractivity contribution in [2.45, 2.75) is 33.2 Å². The van der Waals surface area contributed by atoms with Crippen LogP contribution in [0.5, 0.6) is 11.5 Å². The number of methoxy groups -OCH3 is 2. The highest BCUT2D eigenvalue weighted by Crippen LogP contribution is 2.30. The summed E-state index contributed by atoms with van der Waals surface area (Å²) < 4.78 is 10.6. The Labute approximate surface area is 154 Å². The average Bonchev–Trinajstić information content (AvgIpc) is 2.65. The van der Waals surface area contributed by atoms with Crippen LogP contribution in [0.15, 0.2) is 36.4 Å². The van der Waals surface area contributed by atoms with Gasteiger partial charge >= 0.3 is 0 Å². The van der Waals surface area contributed by atoms with Crippen LogP contribution in [0.1, 0.15) is 39.9 Å². The van der Waals surface area contributed by atoms with Crippen LogP contribution in [0, 0.1) is 13.8 Å². The van der Waals surface area contributed by atoms with E-state index in [-0.39, 0.29) is 24.5 Å². The molecule has 1 N–H and O–H groups in total. The zero-order valence-corrected chi connectivity index (χ0v) is 15.7. The number of ketones is 1. The zero-order chi connectivity index (χ0) is 19.1. The van der Waals surface area contributed by atoms with Crippen molar-refractivity contribution in [3.8, 4) is 11.5 Å². The summed E-state index contributed by atoms with van der Waals surface area (Å²) in [4.78, 5) is 24.3. The topological polar surface area (TPSA) is 64.6 Å². The number of benzene rings is 2. The molecule has 2 aromatic carbocycles. The Bertz CT molecular complexity index is 799. The maximum Gasteiger partial charge on any atom is 0.220 e. The molecule has 0 saturated heterocycles. The van der Waals surface area contributed by atoms with E-state index in [4.69, 9.17) is 9.47 Å². The van der Waals surface area contributed by atoms with Gasteiger partial charge in [-0.1, -0.05) is 24.3 Å². The summed E-state index contributed by atoms with van der Waals surface area (Å²) in [5, 5.41) is 2.83. The third kappa shape index (κ3) is 4.85. The van der Waals surface area contributed by atoms with Crippen molar-refractivity contribution in [3.05, 3.63) is 58.7 Å². The lowest BCUT2D eigenvalue weighted by molar-refractivity contribution is -0.121. The van der Waals surface area contributed by atoms with Gasteiger partial charge in [-0.05, 0) is 37.1 Å². The highest BCUT2D eigenvalue weighted by atomic mass is 16.5. The lowest BCUT2D eigenvalue weighted by Crippen LogP contribution is -2.23. The van der Waals surface area contributed by atoms with Gasteiger partial charge in [0.2, 0.25) is 5.91 Å². The molecule has 0 heterocycles. The molecule has 1 amide bonds. The Morgan fingerprint density at radius 3 is 2.38 bits per heavy atom. The van der Waals surface area contributed by atoms with Crippen molar-refractivity contribution >= 4 is 11.7 Å². The molecule has 0 fully saturated rings. The Hall–Kier alpha value is -2.82. The molecular weight excluding hydrogens is 330 g/mol. The van der Waals surface area contributed by atoms with Crippen LogP contribution in [-0.2, 0) is 11.3 Å². The number of hydrogen-bond donors (Lipinski definition) is 1. The number of ether oxygens (including phenoxy) is 2. The highest BCUT2D eigenvalue weighted by Gasteiger charge is 2.12. The third-order valence-electron chi connectivity index (χ3n) is 4.37. The summed E-state index contributed by atoms with van der Waals surface area (Å²) in [5.74, 6) is 1.01. The first-order valence-corrected chi connectivity index (χ1v) is 8.53. The van der Waals surface area contributed by atoms with Crippen molar-refractivity contribution in [1.29, 1.82) is 0 Å². The van der Waals surface area contributed by atoms with Gasteiger partial charge in [0.05, 0.1) is 14.2 Å². The summed E-state index contributed by atoms with van der Waals surface area (Å²) in [6.07, 6.45) is 0.335. The van der Waals surface area contributed by atoms with E-state index in [1.165, 1.54) is 0 Å². The quantitative estimate of drug-likeness (QED) is 0.735. The Kier molecular flexibility index (Phi) is 6.78. The van der Waals surface area contributed by atoms with E-state index in [0.717, 1.165) is 16.7 Å². The van der Waals surface area contributed by atoms with E-state index < -0.39 is 0 Å². The lowest BCUT2D eigenvalue weighted by Gasteiger charge is -2.13. The van der Waals surface area contributed by atoms with Crippen LogP contribution in [0.4, 0.5) is 0 Å². The molecule has 5 nitrogen and oxygen atoms in total. The number of aryl methyl sites for hydroxylation is 2. The summed E-state index contributed by atoms with van der Waals surface area (Å²) in [6.45, 7) is 4.29. The molecule has 26 heavy (non-hydrogen) atoms. The smallest absolute Gasteiger partial charge is 0.220 e. The van der Waals surface area contributed by atoms with E-state index >= 15 is 0 Å². The van der Waals surface area contributed by atoms with Gasteiger partial charge in [0, 0.05) is 30.5 Å². The molecule has 5 heteroatoms. The number of para-hydroxylation sites is 1. The second-order valence-corrected chi connectivity index (χ2v) is 6.15. The van der Waals surface area contributed by atoms with Crippen molar-refractivity contribution in [1.82, 2.24) is 5.32 Å². The fourth-order valence-electron chi connectivity index (χ4n) is 2.66. The van der Waals surface area contributed by atoms with Gasteiger partial charge in [-0.3, -0.25) is 9.59 Å². The van der Waals surface area contributed by atoms with E-state index in [1.807, 2.05) is 44.2 Å². The largest absolute Gasteiger partial charge is 0.493 e. The molecule has 0 aliphatic carbocycles. The van der Waals surface area contributed by atoms with Gasteiger partial charge in [-0.2, -0.15) is 0 Å². The maximum absolute atomic E-state index is 12.3. The number of amides is 1. The fourth-order valence-corrected chi connectivity index (χ4v) is 2.66. The average molecular weight is 355 g/mol. The SMILES string of the molecule is COc1cccc(CNC(=O)CCC(=O)c2ccc(C)c(C)c2)c1OC. The molecule has 0 radical (unpaired) electrons. The van der Waals surface area contributed by atoms with Crippen molar-refractivity contribution in [2.24, 2.45) is 0 Å². The number of carbonyl (C=O) groups excluding carboxylic acids is 2. The second kappa shape index (κ2) is 9.04. The van der Waals surface area contributed by atoms with Gasteiger partial charge in [-0.25, -0.2) is 0 Å². The predicted molar refractivity (Wildman–Crippen MR) is 101 cm³/mol. The Balaban J connectivity index is 1.89. The van der Waals surface area contributed by atoms with Gasteiger partial charge in [-0.15, -0.1) is 0 Å². The molecule has 0 aromatic heterocycles. The molecule has 0 saturated carbocycles. The van der Waals surface area contributed by atoms with Crippen molar-refractivity contribution in [3.63, 3.8) is 0 Å². The number of rotatable bonds is 8. The minimum atomic E-state index is -0.174. The minimum Gasteiger partial charge on any atom is -0.493 e. The molecule has 0 spiro atoms. The molecule has 2 rings (SSSR count). The van der Waals surface area contributed by atoms with Crippen LogP contribution < -0.4 is 14.8 Å². The first-order valence-electron chi connectivity index (χ1n) is 8.53. The first kappa shape index (κ1) is 19.5. The van der Waals surface area contributed by atoms with Crippen LogP contribution >= 0.6 is 0 Å². The summed E-state index contributed by atoms with van der Waals surface area (Å²) in [7, 11) is 3.13. The number of nitrogens with one attached hydrogen (secondary N) is 1. The van der Waals surface area contributed by atoms with Crippen LogP contribution in [-0.4, -0.2) is 25.9 Å². The van der Waals surface area contributed by atoms with Crippen LogP contribution in [0.3, 0.4) is 0 Å². The fraction of sp³-hybridized carbons (Fsp3) is 0.333. The highest BCUT2D eigenvalue weighted by molar-refractivity contribution is 5.98. The summed E-state index contributed by atoms with van der Waals surface area (Å²) in [5.41, 5.74) is 3.69. The van der Waals surface area contributed by atoms with Crippen molar-refractivity contribution in [2.75, 3.05) is 14.2 Å². The maximum atomic E-state index is 12.3. The summed E-state index contributed by atoms with van der Waals surface area (Å²) in [6, 6.07) is 11.1. The van der Waals surface area contributed by atoms with E-state index in [2.05, 4.69) is 5.32 Å². The lowest BCUT2D eigenvalue weighted by atomic mass is 10.0. The molecule has 0 bridgehead atoms. The van der Waals surface area contributed by atoms with Crippen LogP contribution in [0.2, 0.25) is 0 Å². The molecule has 0 aliphatic heterocycles. The van der Waals surface area contributed by atoms with Gasteiger partial charge in [0.1, 0.15) is 0 Å².